The van der Waals surface area contributed by atoms with Crippen LogP contribution in [0.25, 0.3) is 0 Å². The number of urea groups is 1. The van der Waals surface area contributed by atoms with Gasteiger partial charge < -0.3 is 15.0 Å². The molecule has 1 saturated heterocycles. The number of rotatable bonds is 5. The number of carbonyl (C=O) groups excluding carboxylic acids is 1. The molecule has 1 aliphatic rings. The predicted molar refractivity (Wildman–Crippen MR) is 71.8 cm³/mol. The van der Waals surface area contributed by atoms with Crippen molar-refractivity contribution in [2.24, 2.45) is 5.92 Å². The number of aromatic nitrogens is 2. The molecule has 1 aromatic heterocycles. The van der Waals surface area contributed by atoms with E-state index in [2.05, 4.69) is 10.4 Å². The lowest BCUT2D eigenvalue weighted by Crippen LogP contribution is -2.45. The molecule has 0 aromatic carbocycles. The third-order valence-corrected chi connectivity index (χ3v) is 3.49. The van der Waals surface area contributed by atoms with Gasteiger partial charge in [0.1, 0.15) is 0 Å². The minimum atomic E-state index is 0.0228. The molecule has 2 heterocycles. The minimum absolute atomic E-state index is 0.0228. The van der Waals surface area contributed by atoms with Crippen LogP contribution in [0.4, 0.5) is 4.79 Å². The van der Waals surface area contributed by atoms with Crippen molar-refractivity contribution >= 4 is 6.03 Å². The average molecular weight is 266 g/mol. The van der Waals surface area contributed by atoms with Gasteiger partial charge in [-0.05, 0) is 24.8 Å². The standard InChI is InChI=1S/C13H22N4O2/c1-19-10-6-14-13(18)16-8-3-12(4-9-16)11-17-7-2-5-15-17/h2,5,7,12H,3-4,6,8-11H2,1H3,(H,14,18). The van der Waals surface area contributed by atoms with Crippen LogP contribution in [0, 0.1) is 5.92 Å². The molecule has 106 valence electrons. The van der Waals surface area contributed by atoms with Gasteiger partial charge >= 0.3 is 6.03 Å². The second-order valence-corrected chi connectivity index (χ2v) is 4.88. The third kappa shape index (κ3) is 4.24. The Hall–Kier alpha value is -1.56. The number of hydrogen-bond acceptors (Lipinski definition) is 3. The molecule has 0 bridgehead atoms. The van der Waals surface area contributed by atoms with E-state index in [0.717, 1.165) is 32.5 Å². The molecular weight excluding hydrogens is 244 g/mol. The maximum Gasteiger partial charge on any atom is 0.317 e. The highest BCUT2D eigenvalue weighted by Gasteiger charge is 2.22. The molecule has 0 atom stereocenters. The van der Waals surface area contributed by atoms with E-state index in [9.17, 15) is 4.79 Å². The first-order valence-corrected chi connectivity index (χ1v) is 6.78. The number of methoxy groups -OCH3 is 1. The van der Waals surface area contributed by atoms with E-state index in [1.54, 1.807) is 13.3 Å². The topological polar surface area (TPSA) is 59.4 Å². The molecule has 2 amide bonds. The van der Waals surface area contributed by atoms with E-state index in [-0.39, 0.29) is 6.03 Å². The van der Waals surface area contributed by atoms with Crippen molar-refractivity contribution in [3.8, 4) is 0 Å². The molecule has 1 fully saturated rings. The van der Waals surface area contributed by atoms with Crippen LogP contribution in [0.3, 0.4) is 0 Å². The van der Waals surface area contributed by atoms with Crippen LogP contribution in [0.15, 0.2) is 18.5 Å². The Balaban J connectivity index is 1.68. The van der Waals surface area contributed by atoms with Gasteiger partial charge in [0.2, 0.25) is 0 Å². The van der Waals surface area contributed by atoms with Crippen molar-refractivity contribution in [3.63, 3.8) is 0 Å². The van der Waals surface area contributed by atoms with Gasteiger partial charge in [0.15, 0.2) is 0 Å². The lowest BCUT2D eigenvalue weighted by Gasteiger charge is -2.32. The van der Waals surface area contributed by atoms with Gasteiger partial charge in [-0.15, -0.1) is 0 Å². The van der Waals surface area contributed by atoms with E-state index in [1.807, 2.05) is 21.8 Å². The highest BCUT2D eigenvalue weighted by Crippen LogP contribution is 2.18. The van der Waals surface area contributed by atoms with Crippen LogP contribution in [-0.4, -0.2) is 54.1 Å². The molecular formula is C13H22N4O2. The Morgan fingerprint density at radius 3 is 2.89 bits per heavy atom. The van der Waals surface area contributed by atoms with Crippen LogP contribution in [-0.2, 0) is 11.3 Å². The van der Waals surface area contributed by atoms with Gasteiger partial charge in [0.05, 0.1) is 6.61 Å². The molecule has 6 nitrogen and oxygen atoms in total. The molecule has 0 saturated carbocycles. The number of piperidine rings is 1. The van der Waals surface area contributed by atoms with Gasteiger partial charge in [-0.2, -0.15) is 5.10 Å². The smallest absolute Gasteiger partial charge is 0.317 e. The quantitative estimate of drug-likeness (QED) is 0.807. The molecule has 0 radical (unpaired) electrons. The summed E-state index contributed by atoms with van der Waals surface area (Å²) < 4.78 is 6.88. The summed E-state index contributed by atoms with van der Waals surface area (Å²) in [6.07, 6.45) is 5.87. The highest BCUT2D eigenvalue weighted by atomic mass is 16.5. The maximum absolute atomic E-state index is 11.8. The van der Waals surface area contributed by atoms with Crippen molar-refractivity contribution in [2.45, 2.75) is 19.4 Å². The maximum atomic E-state index is 11.8. The largest absolute Gasteiger partial charge is 0.383 e. The van der Waals surface area contributed by atoms with Crippen molar-refractivity contribution in [1.29, 1.82) is 0 Å². The first kappa shape index (κ1) is 13.9. The lowest BCUT2D eigenvalue weighted by atomic mass is 9.97. The SMILES string of the molecule is COCCNC(=O)N1CCC(Cn2cccn2)CC1. The van der Waals surface area contributed by atoms with Crippen molar-refractivity contribution in [2.75, 3.05) is 33.4 Å². The molecule has 19 heavy (non-hydrogen) atoms. The molecule has 1 aromatic rings. The van der Waals surface area contributed by atoms with Gasteiger partial charge in [0.25, 0.3) is 0 Å². The minimum Gasteiger partial charge on any atom is -0.383 e. The normalized spacial score (nSPS) is 16.6. The van der Waals surface area contributed by atoms with E-state index >= 15 is 0 Å². The molecule has 0 spiro atoms. The summed E-state index contributed by atoms with van der Waals surface area (Å²) >= 11 is 0. The molecule has 6 heteroatoms. The highest BCUT2D eigenvalue weighted by molar-refractivity contribution is 5.74. The average Bonchev–Trinajstić information content (AvgIpc) is 2.93. The zero-order chi connectivity index (χ0) is 13.5. The number of nitrogens with zero attached hydrogens (tertiary/aromatic N) is 3. The summed E-state index contributed by atoms with van der Waals surface area (Å²) in [7, 11) is 1.63. The van der Waals surface area contributed by atoms with E-state index in [4.69, 9.17) is 4.74 Å². The Kier molecular flexibility index (Phi) is 5.20. The first-order chi connectivity index (χ1) is 9.29. The number of ether oxygens (including phenoxy) is 1. The molecule has 0 aliphatic carbocycles. The monoisotopic (exact) mass is 266 g/mol. The van der Waals surface area contributed by atoms with Gasteiger partial charge in [-0.25, -0.2) is 4.79 Å². The third-order valence-electron chi connectivity index (χ3n) is 3.49. The zero-order valence-corrected chi connectivity index (χ0v) is 11.4. The van der Waals surface area contributed by atoms with Crippen LogP contribution in [0.2, 0.25) is 0 Å². The predicted octanol–water partition coefficient (Wildman–Crippen LogP) is 0.951. The Bertz CT molecular complexity index is 372. The van der Waals surface area contributed by atoms with Crippen molar-refractivity contribution in [3.05, 3.63) is 18.5 Å². The fourth-order valence-corrected chi connectivity index (χ4v) is 2.36. The molecule has 1 aliphatic heterocycles. The summed E-state index contributed by atoms with van der Waals surface area (Å²) in [4.78, 5) is 13.7. The van der Waals surface area contributed by atoms with Crippen molar-refractivity contribution in [1.82, 2.24) is 20.0 Å². The molecule has 0 unspecified atom stereocenters. The fourth-order valence-electron chi connectivity index (χ4n) is 2.36. The van der Waals surface area contributed by atoms with E-state index in [1.165, 1.54) is 0 Å². The number of likely N-dealkylation sites (tertiary alicyclic amines) is 1. The van der Waals surface area contributed by atoms with Crippen LogP contribution >= 0.6 is 0 Å². The second-order valence-electron chi connectivity index (χ2n) is 4.88. The Morgan fingerprint density at radius 1 is 1.47 bits per heavy atom. The summed E-state index contributed by atoms with van der Waals surface area (Å²) in [6, 6.07) is 1.97. The number of amides is 2. The number of hydrogen-bond donors (Lipinski definition) is 1. The lowest BCUT2D eigenvalue weighted by molar-refractivity contribution is 0.157. The van der Waals surface area contributed by atoms with Gasteiger partial charge in [-0.3, -0.25) is 4.68 Å². The Morgan fingerprint density at radius 2 is 2.26 bits per heavy atom. The van der Waals surface area contributed by atoms with Crippen LogP contribution in [0.5, 0.6) is 0 Å². The zero-order valence-electron chi connectivity index (χ0n) is 11.4. The first-order valence-electron chi connectivity index (χ1n) is 6.78. The van der Waals surface area contributed by atoms with Gasteiger partial charge in [0, 0.05) is 45.7 Å². The fraction of sp³-hybridized carbons (Fsp3) is 0.692. The summed E-state index contributed by atoms with van der Waals surface area (Å²) in [5.41, 5.74) is 0. The summed E-state index contributed by atoms with van der Waals surface area (Å²) in [6.45, 7) is 3.73. The number of nitrogens with one attached hydrogen (secondary N) is 1. The molecule has 2 rings (SSSR count). The Labute approximate surface area is 113 Å². The van der Waals surface area contributed by atoms with E-state index in [0.29, 0.717) is 19.1 Å². The number of carbonyl (C=O) groups is 1. The van der Waals surface area contributed by atoms with Crippen molar-refractivity contribution < 1.29 is 9.53 Å². The summed E-state index contributed by atoms with van der Waals surface area (Å²) in [5.74, 6) is 0.614. The van der Waals surface area contributed by atoms with E-state index < -0.39 is 0 Å². The van der Waals surface area contributed by atoms with Crippen LogP contribution < -0.4 is 5.32 Å². The van der Waals surface area contributed by atoms with Gasteiger partial charge in [-0.1, -0.05) is 0 Å². The summed E-state index contributed by atoms with van der Waals surface area (Å²) in [5, 5.41) is 7.08. The molecule has 1 N–H and O–H groups in total. The van der Waals surface area contributed by atoms with Crippen LogP contribution in [0.1, 0.15) is 12.8 Å². The second kappa shape index (κ2) is 7.13.